The van der Waals surface area contributed by atoms with E-state index in [2.05, 4.69) is 15.0 Å². The van der Waals surface area contributed by atoms with Crippen LogP contribution in [0.25, 0.3) is 11.2 Å². The van der Waals surface area contributed by atoms with Crippen molar-refractivity contribution < 1.29 is 19.7 Å². The Morgan fingerprint density at radius 3 is 2.91 bits per heavy atom. The van der Waals surface area contributed by atoms with Crippen molar-refractivity contribution in [2.75, 3.05) is 5.73 Å². The van der Waals surface area contributed by atoms with E-state index in [-0.39, 0.29) is 11.6 Å². The number of anilines is 1. The summed E-state index contributed by atoms with van der Waals surface area (Å²) >= 11 is 0. The van der Waals surface area contributed by atoms with Crippen molar-refractivity contribution in [3.63, 3.8) is 0 Å². The number of rotatable bonds is 2. The van der Waals surface area contributed by atoms with E-state index < -0.39 is 30.0 Å². The average molecular weight is 305 g/mol. The van der Waals surface area contributed by atoms with Crippen molar-refractivity contribution in [1.82, 2.24) is 19.5 Å². The first-order valence-electron chi connectivity index (χ1n) is 6.93. The third-order valence-electron chi connectivity index (χ3n) is 4.56. The van der Waals surface area contributed by atoms with E-state index in [1.165, 1.54) is 24.1 Å². The average Bonchev–Trinajstić information content (AvgIpc) is 2.99. The molecule has 4 N–H and O–H groups in total. The van der Waals surface area contributed by atoms with Gasteiger partial charge in [-0.25, -0.2) is 15.0 Å². The quantitative estimate of drug-likeness (QED) is 0.643. The fourth-order valence-corrected chi connectivity index (χ4v) is 3.29. The number of imidazole rings is 1. The molecule has 2 aromatic rings. The number of nitrogen functional groups attached to an aromatic ring is 1. The molecule has 1 spiro atoms. The highest BCUT2D eigenvalue weighted by molar-refractivity contribution is 5.83. The molecule has 9 nitrogen and oxygen atoms in total. The maximum absolute atomic E-state index is 11.5. The van der Waals surface area contributed by atoms with Crippen molar-refractivity contribution in [1.29, 1.82) is 0 Å². The number of ether oxygens (including phenoxy) is 1. The molecule has 0 radical (unpaired) electrons. The van der Waals surface area contributed by atoms with Gasteiger partial charge in [-0.05, 0) is 13.3 Å². The Bertz CT molecular complexity index is 777. The highest BCUT2D eigenvalue weighted by Gasteiger charge is 2.70. The number of fused-ring (bicyclic) bond motifs is 1. The Kier molecular flexibility index (Phi) is 2.60. The van der Waals surface area contributed by atoms with Gasteiger partial charge in [-0.2, -0.15) is 0 Å². The summed E-state index contributed by atoms with van der Waals surface area (Å²) < 4.78 is 7.36. The van der Waals surface area contributed by atoms with Gasteiger partial charge >= 0.3 is 0 Å². The maximum atomic E-state index is 11.5. The summed E-state index contributed by atoms with van der Waals surface area (Å²) in [6.45, 7) is 1.45. The van der Waals surface area contributed by atoms with E-state index in [1.807, 2.05) is 0 Å². The number of hydrogen-bond acceptors (Lipinski definition) is 8. The molecule has 0 aromatic carbocycles. The number of aromatic nitrogens is 4. The van der Waals surface area contributed by atoms with Gasteiger partial charge in [0.05, 0.1) is 12.2 Å². The molecule has 116 valence electrons. The van der Waals surface area contributed by atoms with Crippen molar-refractivity contribution in [3.8, 4) is 0 Å². The van der Waals surface area contributed by atoms with Gasteiger partial charge in [0.1, 0.15) is 35.4 Å². The molecule has 1 aliphatic heterocycles. The molecule has 1 saturated heterocycles. The predicted octanol–water partition coefficient (Wildman–Crippen LogP) is -0.993. The maximum Gasteiger partial charge on any atom is 0.167 e. The van der Waals surface area contributed by atoms with Crippen molar-refractivity contribution in [2.24, 2.45) is 5.92 Å². The topological polar surface area (TPSA) is 136 Å². The van der Waals surface area contributed by atoms with E-state index in [4.69, 9.17) is 10.5 Å². The molecule has 0 amide bonds. The Hall–Kier alpha value is -2.10. The molecular formula is C13H15N5O4. The van der Waals surface area contributed by atoms with Gasteiger partial charge < -0.3 is 20.7 Å². The van der Waals surface area contributed by atoms with Crippen LogP contribution in [0.5, 0.6) is 0 Å². The van der Waals surface area contributed by atoms with Crippen LogP contribution in [0.15, 0.2) is 12.7 Å². The van der Waals surface area contributed by atoms with Gasteiger partial charge in [0.15, 0.2) is 17.7 Å². The number of ketones is 1. The van der Waals surface area contributed by atoms with E-state index in [9.17, 15) is 15.0 Å². The van der Waals surface area contributed by atoms with Gasteiger partial charge in [0, 0.05) is 0 Å². The lowest BCUT2D eigenvalue weighted by molar-refractivity contribution is -0.122. The summed E-state index contributed by atoms with van der Waals surface area (Å²) in [6, 6.07) is 0. The number of nitrogens with two attached hydrogens (primary N) is 1. The molecule has 5 atom stereocenters. The van der Waals surface area contributed by atoms with Crippen LogP contribution in [0.4, 0.5) is 5.82 Å². The number of aliphatic hydroxyl groups is 2. The van der Waals surface area contributed by atoms with Crippen LogP contribution >= 0.6 is 0 Å². The smallest absolute Gasteiger partial charge is 0.167 e. The van der Waals surface area contributed by atoms with Crippen LogP contribution in [0, 0.1) is 5.92 Å². The van der Waals surface area contributed by atoms with Crippen LogP contribution in [-0.2, 0) is 9.53 Å². The molecule has 4 rings (SSSR count). The highest BCUT2D eigenvalue weighted by Crippen LogP contribution is 2.57. The van der Waals surface area contributed by atoms with Crippen molar-refractivity contribution >= 4 is 22.8 Å². The molecule has 22 heavy (non-hydrogen) atoms. The standard InChI is InChI=1S/C13H15N5O4/c1-5(19)6-2-13(6)9(21)8(20)12(22-13)18-4-17-7-10(14)15-3-16-11(7)18/h3-4,6,8-9,12,20-21H,2H2,1H3,(H2,14,15,16)/t6-,8-,9?,12+,13-/m0/s1. The lowest BCUT2D eigenvalue weighted by atomic mass is 10.1. The molecule has 9 heteroatoms. The first-order valence-corrected chi connectivity index (χ1v) is 6.93. The minimum absolute atomic E-state index is 0.0611. The number of aliphatic hydroxyl groups excluding tert-OH is 2. The van der Waals surface area contributed by atoms with E-state index in [1.54, 1.807) is 0 Å². The monoisotopic (exact) mass is 305 g/mol. The fraction of sp³-hybridized carbons (Fsp3) is 0.538. The minimum Gasteiger partial charge on any atom is -0.387 e. The van der Waals surface area contributed by atoms with Gasteiger partial charge in [0.25, 0.3) is 0 Å². The third kappa shape index (κ3) is 1.58. The van der Waals surface area contributed by atoms with Crippen molar-refractivity contribution in [3.05, 3.63) is 12.7 Å². The second-order valence-corrected chi connectivity index (χ2v) is 5.85. The van der Waals surface area contributed by atoms with Crippen LogP contribution < -0.4 is 5.73 Å². The Labute approximate surface area is 124 Å². The molecule has 2 aliphatic rings. The van der Waals surface area contributed by atoms with Gasteiger partial charge in [-0.15, -0.1) is 0 Å². The summed E-state index contributed by atoms with van der Waals surface area (Å²) in [7, 11) is 0. The lowest BCUT2D eigenvalue weighted by Gasteiger charge is -2.16. The van der Waals surface area contributed by atoms with Gasteiger partial charge in [0.2, 0.25) is 0 Å². The van der Waals surface area contributed by atoms with Gasteiger partial charge in [-0.1, -0.05) is 0 Å². The second-order valence-electron chi connectivity index (χ2n) is 5.85. The van der Waals surface area contributed by atoms with E-state index in [0.717, 1.165) is 0 Å². The molecular weight excluding hydrogens is 290 g/mol. The molecule has 1 unspecified atom stereocenters. The molecule has 2 fully saturated rings. The molecule has 1 saturated carbocycles. The summed E-state index contributed by atoms with van der Waals surface area (Å²) in [6.07, 6.45) is -0.0696. The third-order valence-corrected chi connectivity index (χ3v) is 4.56. The number of hydrogen-bond donors (Lipinski definition) is 3. The zero-order chi connectivity index (χ0) is 15.6. The minimum atomic E-state index is -1.18. The fourth-order valence-electron chi connectivity index (χ4n) is 3.29. The van der Waals surface area contributed by atoms with Crippen LogP contribution in [0.3, 0.4) is 0 Å². The number of carbonyl (C=O) groups is 1. The zero-order valence-electron chi connectivity index (χ0n) is 11.7. The SMILES string of the molecule is CC(=O)[C@@H]1C[C@]12O[C@@H](n1cnc3c(N)ncnc31)[C@@H](O)C2O. The summed E-state index contributed by atoms with van der Waals surface area (Å²) in [5, 5.41) is 20.6. The highest BCUT2D eigenvalue weighted by atomic mass is 16.6. The first kappa shape index (κ1) is 13.6. The normalized spacial score (nSPS) is 37.0. The van der Waals surface area contributed by atoms with Crippen LogP contribution in [-0.4, -0.2) is 53.3 Å². The molecule has 1 aliphatic carbocycles. The zero-order valence-corrected chi connectivity index (χ0v) is 11.7. The van der Waals surface area contributed by atoms with E-state index >= 15 is 0 Å². The van der Waals surface area contributed by atoms with Crippen LogP contribution in [0.1, 0.15) is 19.6 Å². The van der Waals surface area contributed by atoms with Crippen molar-refractivity contribution in [2.45, 2.75) is 37.4 Å². The summed E-state index contributed by atoms with van der Waals surface area (Å²) in [5.74, 6) is -0.231. The Morgan fingerprint density at radius 2 is 2.23 bits per heavy atom. The largest absolute Gasteiger partial charge is 0.387 e. The second kappa shape index (κ2) is 4.22. The van der Waals surface area contributed by atoms with Gasteiger partial charge in [-0.3, -0.25) is 9.36 Å². The Balaban J connectivity index is 1.74. The molecule has 0 bridgehead atoms. The molecule has 2 aromatic heterocycles. The summed E-state index contributed by atoms with van der Waals surface area (Å²) in [5.41, 5.74) is 5.52. The number of carbonyl (C=O) groups excluding carboxylic acids is 1. The Morgan fingerprint density at radius 1 is 1.45 bits per heavy atom. The van der Waals surface area contributed by atoms with E-state index in [0.29, 0.717) is 17.6 Å². The van der Waals surface area contributed by atoms with Crippen LogP contribution in [0.2, 0.25) is 0 Å². The first-order chi connectivity index (χ1) is 10.5. The number of nitrogens with zero attached hydrogens (tertiary/aromatic N) is 4. The number of Topliss-reactive ketones (excluding diaryl/α,β-unsaturated/α-hetero) is 1. The predicted molar refractivity (Wildman–Crippen MR) is 73.4 cm³/mol. The molecule has 3 heterocycles. The summed E-state index contributed by atoms with van der Waals surface area (Å²) in [4.78, 5) is 23.6. The lowest BCUT2D eigenvalue weighted by Crippen LogP contribution is -2.34.